The van der Waals surface area contributed by atoms with Crippen LogP contribution < -0.4 is 5.32 Å². The van der Waals surface area contributed by atoms with Crippen LogP contribution in [0.1, 0.15) is 36.1 Å². The lowest BCUT2D eigenvalue weighted by Gasteiger charge is -2.19. The number of hydrogen-bond donors (Lipinski definition) is 1. The molecule has 2 heterocycles. The Labute approximate surface area is 167 Å². The van der Waals surface area contributed by atoms with Crippen molar-refractivity contribution in [2.75, 3.05) is 25.5 Å². The highest BCUT2D eigenvalue weighted by Gasteiger charge is 2.20. The number of nitrogens with one attached hydrogen (secondary N) is 1. The third kappa shape index (κ3) is 3.82. The van der Waals surface area contributed by atoms with Crippen LogP contribution in [-0.4, -0.2) is 35.2 Å². The average Bonchev–Trinajstić information content (AvgIpc) is 3.14. The summed E-state index contributed by atoms with van der Waals surface area (Å²) in [5, 5.41) is 12.3. The van der Waals surface area contributed by atoms with Crippen LogP contribution in [0.15, 0.2) is 48.7 Å². The maximum atomic E-state index is 14.5. The van der Waals surface area contributed by atoms with E-state index in [1.807, 2.05) is 18.2 Å². The molecule has 1 aromatic heterocycles. The van der Waals surface area contributed by atoms with Crippen molar-refractivity contribution in [3.8, 4) is 0 Å². The van der Waals surface area contributed by atoms with Gasteiger partial charge in [-0.2, -0.15) is 10.2 Å². The van der Waals surface area contributed by atoms with Crippen molar-refractivity contribution in [2.45, 2.75) is 19.4 Å². The molecule has 1 aliphatic heterocycles. The van der Waals surface area contributed by atoms with Crippen LogP contribution >= 0.6 is 0 Å². The van der Waals surface area contributed by atoms with Crippen LogP contribution in [0, 0.1) is 5.82 Å². The Balaban J connectivity index is 1.68. The molecule has 0 saturated carbocycles. The van der Waals surface area contributed by atoms with Gasteiger partial charge in [0, 0.05) is 24.0 Å². The van der Waals surface area contributed by atoms with Gasteiger partial charge < -0.3 is 5.32 Å². The molecule has 0 radical (unpaired) electrons. The van der Waals surface area contributed by atoms with Crippen LogP contribution in [0.5, 0.6) is 0 Å². The molecule has 0 aliphatic carbocycles. The summed E-state index contributed by atoms with van der Waals surface area (Å²) in [6.45, 7) is 3.51. The van der Waals surface area contributed by atoms with E-state index in [-0.39, 0.29) is 5.56 Å². The number of hydrogen-bond acceptors (Lipinski definition) is 4. The van der Waals surface area contributed by atoms with Gasteiger partial charge in [-0.3, -0.25) is 4.90 Å². The molecular weight excluding hydrogens is 377 g/mol. The number of likely N-dealkylation sites (N-methyl/N-ethyl adjacent to an activating group) is 1. The summed E-state index contributed by atoms with van der Waals surface area (Å²) >= 11 is 0. The Hall–Kier alpha value is -2.93. The third-order valence-corrected chi connectivity index (χ3v) is 5.23. The zero-order chi connectivity index (χ0) is 20.5. The Morgan fingerprint density at radius 3 is 2.66 bits per heavy atom. The Kier molecular flexibility index (Phi) is 5.24. The van der Waals surface area contributed by atoms with Gasteiger partial charge in [-0.15, -0.1) is 0 Å². The highest BCUT2D eigenvalue weighted by molar-refractivity contribution is 5.93. The van der Waals surface area contributed by atoms with Gasteiger partial charge in [-0.1, -0.05) is 30.3 Å². The second kappa shape index (κ2) is 7.83. The van der Waals surface area contributed by atoms with E-state index in [1.165, 1.54) is 17.7 Å². The first-order chi connectivity index (χ1) is 13.9. The first-order valence-corrected chi connectivity index (χ1v) is 9.40. The molecule has 4 rings (SSSR count). The lowest BCUT2D eigenvalue weighted by atomic mass is 10.0. The minimum absolute atomic E-state index is 0.184. The van der Waals surface area contributed by atoms with Gasteiger partial charge in [-0.25, -0.2) is 13.2 Å². The number of benzene rings is 2. The summed E-state index contributed by atoms with van der Waals surface area (Å²) in [4.78, 5) is 2.21. The molecule has 0 amide bonds. The number of anilines is 1. The van der Waals surface area contributed by atoms with E-state index < -0.39 is 23.8 Å². The normalized spacial score (nSPS) is 15.7. The van der Waals surface area contributed by atoms with E-state index in [9.17, 15) is 13.2 Å². The van der Waals surface area contributed by atoms with Gasteiger partial charge in [0.15, 0.2) is 0 Å². The van der Waals surface area contributed by atoms with Gasteiger partial charge in [0.2, 0.25) is 0 Å². The minimum Gasteiger partial charge on any atom is -0.377 e. The predicted octanol–water partition coefficient (Wildman–Crippen LogP) is 5.21. The second-order valence-electron chi connectivity index (χ2n) is 7.33. The fraction of sp³-hybridized carbons (Fsp3) is 0.273. The second-order valence-corrected chi connectivity index (χ2v) is 7.33. The molecule has 2 aromatic carbocycles. The zero-order valence-corrected chi connectivity index (χ0v) is 16.2. The summed E-state index contributed by atoms with van der Waals surface area (Å²) in [7, 11) is 2.06. The topological polar surface area (TPSA) is 41.1 Å². The van der Waals surface area contributed by atoms with Gasteiger partial charge in [-0.05, 0) is 37.2 Å². The molecule has 1 N–H and O–H groups in total. The molecule has 0 fully saturated rings. The molecule has 0 spiro atoms. The Morgan fingerprint density at radius 2 is 1.93 bits per heavy atom. The van der Waals surface area contributed by atoms with Gasteiger partial charge >= 0.3 is 0 Å². The first-order valence-electron chi connectivity index (χ1n) is 9.40. The predicted molar refractivity (Wildman–Crippen MR) is 108 cm³/mol. The number of fused-ring (bicyclic) bond motifs is 1. The number of aromatic nitrogens is 2. The third-order valence-electron chi connectivity index (χ3n) is 5.23. The molecular formula is C22H21F3N4. The summed E-state index contributed by atoms with van der Waals surface area (Å²) in [6, 6.07) is 9.50. The van der Waals surface area contributed by atoms with Crippen molar-refractivity contribution in [1.82, 2.24) is 15.1 Å². The van der Waals surface area contributed by atoms with E-state index in [0.29, 0.717) is 11.2 Å². The van der Waals surface area contributed by atoms with E-state index in [0.717, 1.165) is 30.1 Å². The fourth-order valence-corrected chi connectivity index (χ4v) is 3.65. The molecule has 0 unspecified atom stereocenters. The quantitative estimate of drug-likeness (QED) is 0.641. The number of rotatable bonds is 5. The maximum Gasteiger partial charge on any atom is 0.266 e. The Bertz CT molecular complexity index is 1080. The van der Waals surface area contributed by atoms with Crippen LogP contribution in [0.2, 0.25) is 0 Å². The maximum absolute atomic E-state index is 14.5. The van der Waals surface area contributed by atoms with Gasteiger partial charge in [0.25, 0.3) is 6.43 Å². The van der Waals surface area contributed by atoms with E-state index in [2.05, 4.69) is 33.5 Å². The van der Waals surface area contributed by atoms with E-state index in [4.69, 9.17) is 0 Å². The summed E-state index contributed by atoms with van der Waals surface area (Å²) < 4.78 is 40.6. The fourth-order valence-electron chi connectivity index (χ4n) is 3.65. The smallest absolute Gasteiger partial charge is 0.266 e. The number of nitrogens with zero attached hydrogens (tertiary/aromatic N) is 3. The first kappa shape index (κ1) is 19.4. The number of alkyl halides is 2. The molecule has 1 aliphatic rings. The molecule has 4 nitrogen and oxygen atoms in total. The standard InChI is InChI=1S/C22H21F3N4/c1-13(16-4-3-5-17(21(16)23)22(24)25)27-20-11-26-28-19-7-6-14(10-18(19)20)15-8-9-29(2)12-15/h3-8,10-11,13,22H,9,12H2,1-2H3,(H,27,28)/t13-/m1/s1. The molecule has 0 bridgehead atoms. The van der Waals surface area contributed by atoms with E-state index in [1.54, 1.807) is 13.1 Å². The summed E-state index contributed by atoms with van der Waals surface area (Å²) in [5.41, 5.74) is 3.31. The molecule has 150 valence electrons. The van der Waals surface area contributed by atoms with E-state index >= 15 is 0 Å². The number of halogens is 3. The van der Waals surface area contributed by atoms with Crippen molar-refractivity contribution >= 4 is 22.2 Å². The molecule has 3 aromatic rings. The van der Waals surface area contributed by atoms with Crippen LogP contribution in [-0.2, 0) is 0 Å². The van der Waals surface area contributed by atoms with Crippen molar-refractivity contribution in [3.05, 3.63) is 71.2 Å². The van der Waals surface area contributed by atoms with Crippen LogP contribution in [0.25, 0.3) is 16.5 Å². The summed E-state index contributed by atoms with van der Waals surface area (Å²) in [5.74, 6) is -0.881. The van der Waals surface area contributed by atoms with Crippen LogP contribution in [0.3, 0.4) is 0 Å². The molecule has 29 heavy (non-hydrogen) atoms. The zero-order valence-electron chi connectivity index (χ0n) is 16.2. The molecule has 1 atom stereocenters. The lowest BCUT2D eigenvalue weighted by Crippen LogP contribution is -2.13. The molecule has 0 saturated heterocycles. The van der Waals surface area contributed by atoms with Crippen LogP contribution in [0.4, 0.5) is 18.9 Å². The lowest BCUT2D eigenvalue weighted by molar-refractivity contribution is 0.146. The van der Waals surface area contributed by atoms with Crippen molar-refractivity contribution in [1.29, 1.82) is 0 Å². The Morgan fingerprint density at radius 1 is 1.14 bits per heavy atom. The highest BCUT2D eigenvalue weighted by atomic mass is 19.3. The average molecular weight is 398 g/mol. The largest absolute Gasteiger partial charge is 0.377 e. The highest BCUT2D eigenvalue weighted by Crippen LogP contribution is 2.32. The minimum atomic E-state index is -2.86. The summed E-state index contributed by atoms with van der Waals surface area (Å²) in [6.07, 6.45) is 0.912. The molecule has 7 heteroatoms. The van der Waals surface area contributed by atoms with Gasteiger partial charge in [0.05, 0.1) is 29.0 Å². The van der Waals surface area contributed by atoms with Crippen molar-refractivity contribution in [2.24, 2.45) is 0 Å². The van der Waals surface area contributed by atoms with Crippen molar-refractivity contribution in [3.63, 3.8) is 0 Å². The van der Waals surface area contributed by atoms with Gasteiger partial charge in [0.1, 0.15) is 5.82 Å². The van der Waals surface area contributed by atoms with Crippen molar-refractivity contribution < 1.29 is 13.2 Å². The SMILES string of the molecule is C[C@@H](Nc1cnnc2ccc(C3=CCN(C)C3)cc12)c1cccc(C(F)F)c1F. The monoisotopic (exact) mass is 398 g/mol.